The summed E-state index contributed by atoms with van der Waals surface area (Å²) >= 11 is 3.41. The SMILES string of the molecule is Cn1cc(CNc2cc(Br)ccc2N)cn1. The predicted molar refractivity (Wildman–Crippen MR) is 69.1 cm³/mol. The zero-order chi connectivity index (χ0) is 11.5. The summed E-state index contributed by atoms with van der Waals surface area (Å²) < 4.78 is 2.79. The van der Waals surface area contributed by atoms with E-state index in [1.807, 2.05) is 37.6 Å². The topological polar surface area (TPSA) is 55.9 Å². The van der Waals surface area contributed by atoms with Crippen molar-refractivity contribution in [3.63, 3.8) is 0 Å². The number of nitrogens with one attached hydrogen (secondary N) is 1. The van der Waals surface area contributed by atoms with Gasteiger partial charge in [-0.3, -0.25) is 4.68 Å². The van der Waals surface area contributed by atoms with Crippen LogP contribution in [0.3, 0.4) is 0 Å². The molecule has 0 aliphatic heterocycles. The molecule has 5 heteroatoms. The summed E-state index contributed by atoms with van der Waals surface area (Å²) in [6, 6.07) is 5.76. The van der Waals surface area contributed by atoms with E-state index in [1.54, 1.807) is 4.68 Å². The Morgan fingerprint density at radius 2 is 2.31 bits per heavy atom. The number of aryl methyl sites for hydroxylation is 1. The van der Waals surface area contributed by atoms with Crippen LogP contribution in [0.2, 0.25) is 0 Å². The van der Waals surface area contributed by atoms with E-state index < -0.39 is 0 Å². The van der Waals surface area contributed by atoms with Crippen molar-refractivity contribution in [3.8, 4) is 0 Å². The quantitative estimate of drug-likeness (QED) is 0.849. The second kappa shape index (κ2) is 4.57. The van der Waals surface area contributed by atoms with Gasteiger partial charge in [-0.1, -0.05) is 15.9 Å². The second-order valence-corrected chi connectivity index (χ2v) is 4.52. The van der Waals surface area contributed by atoms with Crippen molar-refractivity contribution in [2.75, 3.05) is 11.1 Å². The Balaban J connectivity index is 2.07. The monoisotopic (exact) mass is 280 g/mol. The van der Waals surface area contributed by atoms with E-state index in [4.69, 9.17) is 5.73 Å². The molecular formula is C11H13BrN4. The Hall–Kier alpha value is -1.49. The van der Waals surface area contributed by atoms with Crippen LogP contribution >= 0.6 is 15.9 Å². The van der Waals surface area contributed by atoms with E-state index in [9.17, 15) is 0 Å². The van der Waals surface area contributed by atoms with E-state index >= 15 is 0 Å². The van der Waals surface area contributed by atoms with Crippen LogP contribution in [0, 0.1) is 0 Å². The van der Waals surface area contributed by atoms with Crippen LogP contribution in [0.1, 0.15) is 5.56 Å². The maximum atomic E-state index is 5.85. The van der Waals surface area contributed by atoms with Gasteiger partial charge in [0.05, 0.1) is 17.6 Å². The molecule has 1 aromatic carbocycles. The lowest BCUT2D eigenvalue weighted by atomic mass is 10.2. The molecule has 0 atom stereocenters. The minimum Gasteiger partial charge on any atom is -0.397 e. The molecular weight excluding hydrogens is 268 g/mol. The van der Waals surface area contributed by atoms with Crippen LogP contribution in [-0.4, -0.2) is 9.78 Å². The van der Waals surface area contributed by atoms with Gasteiger partial charge in [0, 0.05) is 29.8 Å². The fourth-order valence-electron chi connectivity index (χ4n) is 1.44. The first-order chi connectivity index (χ1) is 7.65. The van der Waals surface area contributed by atoms with Crippen LogP contribution in [-0.2, 0) is 13.6 Å². The number of hydrogen-bond acceptors (Lipinski definition) is 3. The number of hydrogen-bond donors (Lipinski definition) is 2. The molecule has 0 amide bonds. The van der Waals surface area contributed by atoms with Crippen LogP contribution in [0.25, 0.3) is 0 Å². The van der Waals surface area contributed by atoms with E-state index in [0.717, 1.165) is 21.4 Å². The average molecular weight is 281 g/mol. The summed E-state index contributed by atoms with van der Waals surface area (Å²) in [5, 5.41) is 7.38. The highest BCUT2D eigenvalue weighted by atomic mass is 79.9. The highest BCUT2D eigenvalue weighted by Crippen LogP contribution is 2.23. The zero-order valence-electron chi connectivity index (χ0n) is 8.94. The number of rotatable bonds is 3. The summed E-state index contributed by atoms with van der Waals surface area (Å²) in [7, 11) is 1.90. The third-order valence-corrected chi connectivity index (χ3v) is 2.75. The summed E-state index contributed by atoms with van der Waals surface area (Å²) in [5.41, 5.74) is 8.65. The number of benzene rings is 1. The molecule has 0 aliphatic carbocycles. The fraction of sp³-hybridized carbons (Fsp3) is 0.182. The largest absolute Gasteiger partial charge is 0.397 e. The molecule has 0 spiro atoms. The normalized spacial score (nSPS) is 10.4. The maximum absolute atomic E-state index is 5.85. The van der Waals surface area contributed by atoms with E-state index in [0.29, 0.717) is 6.54 Å². The van der Waals surface area contributed by atoms with Gasteiger partial charge in [0.1, 0.15) is 0 Å². The van der Waals surface area contributed by atoms with Crippen molar-refractivity contribution in [1.82, 2.24) is 9.78 Å². The number of aromatic nitrogens is 2. The first-order valence-corrected chi connectivity index (χ1v) is 5.71. The average Bonchev–Trinajstić information content (AvgIpc) is 2.66. The lowest BCUT2D eigenvalue weighted by Gasteiger charge is -2.08. The van der Waals surface area contributed by atoms with Crippen LogP contribution < -0.4 is 11.1 Å². The summed E-state index contributed by atoms with van der Waals surface area (Å²) in [6.45, 7) is 0.717. The minimum absolute atomic E-state index is 0.717. The zero-order valence-corrected chi connectivity index (χ0v) is 10.5. The maximum Gasteiger partial charge on any atom is 0.0587 e. The molecule has 1 aromatic heterocycles. The third-order valence-electron chi connectivity index (χ3n) is 2.26. The van der Waals surface area contributed by atoms with Crippen LogP contribution in [0.5, 0.6) is 0 Å². The van der Waals surface area contributed by atoms with E-state index in [1.165, 1.54) is 0 Å². The van der Waals surface area contributed by atoms with Gasteiger partial charge < -0.3 is 11.1 Å². The lowest BCUT2D eigenvalue weighted by molar-refractivity contribution is 0.767. The highest BCUT2D eigenvalue weighted by molar-refractivity contribution is 9.10. The first kappa shape index (κ1) is 11.0. The summed E-state index contributed by atoms with van der Waals surface area (Å²) in [6.07, 6.45) is 3.81. The van der Waals surface area contributed by atoms with Gasteiger partial charge >= 0.3 is 0 Å². The molecule has 0 saturated heterocycles. The Morgan fingerprint density at radius 3 is 3.00 bits per heavy atom. The summed E-state index contributed by atoms with van der Waals surface area (Å²) in [5.74, 6) is 0. The van der Waals surface area contributed by atoms with Gasteiger partial charge in [-0.05, 0) is 18.2 Å². The Morgan fingerprint density at radius 1 is 1.50 bits per heavy atom. The van der Waals surface area contributed by atoms with Crippen LogP contribution in [0.4, 0.5) is 11.4 Å². The summed E-state index contributed by atoms with van der Waals surface area (Å²) in [4.78, 5) is 0. The van der Waals surface area contributed by atoms with Crippen LogP contribution in [0.15, 0.2) is 35.1 Å². The van der Waals surface area contributed by atoms with Gasteiger partial charge in [-0.25, -0.2) is 0 Å². The van der Waals surface area contributed by atoms with Gasteiger partial charge in [0.15, 0.2) is 0 Å². The van der Waals surface area contributed by atoms with Gasteiger partial charge in [0.25, 0.3) is 0 Å². The fourth-order valence-corrected chi connectivity index (χ4v) is 1.80. The van der Waals surface area contributed by atoms with Crippen molar-refractivity contribution in [2.45, 2.75) is 6.54 Å². The molecule has 0 radical (unpaired) electrons. The molecule has 3 N–H and O–H groups in total. The number of nitrogens with two attached hydrogens (primary N) is 1. The Bertz CT molecular complexity index is 492. The molecule has 2 aromatic rings. The molecule has 84 valence electrons. The van der Waals surface area contributed by atoms with Crippen molar-refractivity contribution >= 4 is 27.3 Å². The van der Waals surface area contributed by atoms with Crippen molar-refractivity contribution in [3.05, 3.63) is 40.6 Å². The Kier molecular flexibility index (Phi) is 3.14. The minimum atomic E-state index is 0.717. The predicted octanol–water partition coefficient (Wildman–Crippen LogP) is 2.38. The molecule has 0 unspecified atom stereocenters. The molecule has 0 aliphatic rings. The number of nitrogens with zero attached hydrogens (tertiary/aromatic N) is 2. The molecule has 0 saturated carbocycles. The molecule has 0 bridgehead atoms. The standard InChI is InChI=1S/C11H13BrN4/c1-16-7-8(6-15-16)5-14-11-4-9(12)2-3-10(11)13/h2-4,6-7,14H,5,13H2,1H3. The van der Waals surface area contributed by atoms with Gasteiger partial charge in [-0.15, -0.1) is 0 Å². The van der Waals surface area contributed by atoms with Crippen molar-refractivity contribution < 1.29 is 0 Å². The van der Waals surface area contributed by atoms with Gasteiger partial charge in [-0.2, -0.15) is 5.10 Å². The first-order valence-electron chi connectivity index (χ1n) is 4.91. The van der Waals surface area contributed by atoms with E-state index in [2.05, 4.69) is 26.3 Å². The molecule has 16 heavy (non-hydrogen) atoms. The number of anilines is 2. The Labute approximate surface area is 103 Å². The smallest absolute Gasteiger partial charge is 0.0587 e. The second-order valence-electron chi connectivity index (χ2n) is 3.61. The van der Waals surface area contributed by atoms with Gasteiger partial charge in [0.2, 0.25) is 0 Å². The lowest BCUT2D eigenvalue weighted by Crippen LogP contribution is -2.01. The third kappa shape index (κ3) is 2.55. The molecule has 2 rings (SSSR count). The highest BCUT2D eigenvalue weighted by Gasteiger charge is 2.00. The number of halogens is 1. The molecule has 1 heterocycles. The van der Waals surface area contributed by atoms with Crippen molar-refractivity contribution in [1.29, 1.82) is 0 Å². The van der Waals surface area contributed by atoms with Crippen molar-refractivity contribution in [2.24, 2.45) is 7.05 Å². The number of nitrogen functional groups attached to an aromatic ring is 1. The molecule has 0 fully saturated rings. The van der Waals surface area contributed by atoms with E-state index in [-0.39, 0.29) is 0 Å². The molecule has 4 nitrogen and oxygen atoms in total.